The van der Waals surface area contributed by atoms with Crippen LogP contribution in [0.2, 0.25) is 0 Å². The summed E-state index contributed by atoms with van der Waals surface area (Å²) < 4.78 is 4.89. The largest absolute Gasteiger partial charge is 0.477 e. The molecule has 0 saturated carbocycles. The molecule has 1 aliphatic heterocycles. The highest BCUT2D eigenvalue weighted by Gasteiger charge is 2.20. The molecule has 0 aromatic carbocycles. The Balaban J connectivity index is 2.36. The van der Waals surface area contributed by atoms with E-state index < -0.39 is 5.97 Å². The van der Waals surface area contributed by atoms with Crippen molar-refractivity contribution in [1.29, 1.82) is 0 Å². The molecule has 0 radical (unpaired) electrons. The molecule has 2 heterocycles. The summed E-state index contributed by atoms with van der Waals surface area (Å²) >= 11 is 0. The van der Waals surface area contributed by atoms with Crippen LogP contribution in [0, 0.1) is 0 Å². The summed E-state index contributed by atoms with van der Waals surface area (Å²) in [5.41, 5.74) is 2.36. The zero-order valence-corrected chi connectivity index (χ0v) is 10.7. The number of aromatic carboxylic acids is 1. The Morgan fingerprint density at radius 3 is 3.00 bits per heavy atom. The van der Waals surface area contributed by atoms with Crippen molar-refractivity contribution in [2.24, 2.45) is 0 Å². The number of hydrogen-bond acceptors (Lipinski definition) is 5. The molecule has 1 aromatic rings. The molecule has 0 unspecified atom stereocenters. The van der Waals surface area contributed by atoms with Gasteiger partial charge in [0.25, 0.3) is 0 Å². The summed E-state index contributed by atoms with van der Waals surface area (Å²) in [5.74, 6) is -1.46. The normalized spacial score (nSPS) is 13.7. The minimum absolute atomic E-state index is 0.0129. The van der Waals surface area contributed by atoms with Crippen molar-refractivity contribution in [3.8, 4) is 0 Å². The first-order valence-electron chi connectivity index (χ1n) is 6.23. The number of esters is 1. The SMILES string of the molecule is CCOC(=O)Cc1nc(C(=O)O)cc2c1CNCC2. The van der Waals surface area contributed by atoms with E-state index in [-0.39, 0.29) is 18.1 Å². The Morgan fingerprint density at radius 2 is 2.32 bits per heavy atom. The molecule has 19 heavy (non-hydrogen) atoms. The predicted molar refractivity (Wildman–Crippen MR) is 66.9 cm³/mol. The fourth-order valence-corrected chi connectivity index (χ4v) is 2.16. The van der Waals surface area contributed by atoms with Gasteiger partial charge in [0.2, 0.25) is 0 Å². The number of carboxylic acids is 1. The van der Waals surface area contributed by atoms with Crippen LogP contribution in [0.25, 0.3) is 0 Å². The number of pyridine rings is 1. The van der Waals surface area contributed by atoms with Gasteiger partial charge >= 0.3 is 11.9 Å². The topological polar surface area (TPSA) is 88.5 Å². The average Bonchev–Trinajstić information content (AvgIpc) is 2.38. The zero-order chi connectivity index (χ0) is 13.8. The van der Waals surface area contributed by atoms with Crippen molar-refractivity contribution in [3.05, 3.63) is 28.6 Å². The number of hydrogen-bond donors (Lipinski definition) is 2. The van der Waals surface area contributed by atoms with E-state index in [0.717, 1.165) is 24.1 Å². The number of carboxylic acid groups (broad SMARTS) is 1. The lowest BCUT2D eigenvalue weighted by Gasteiger charge is -2.20. The standard InChI is InChI=1S/C13H16N2O4/c1-2-19-12(16)6-10-9-7-14-4-3-8(9)5-11(15-10)13(17)18/h5,14H,2-4,6-7H2,1H3,(H,17,18). The van der Waals surface area contributed by atoms with Gasteiger partial charge in [-0.2, -0.15) is 0 Å². The van der Waals surface area contributed by atoms with E-state index in [2.05, 4.69) is 10.3 Å². The summed E-state index contributed by atoms with van der Waals surface area (Å²) in [6.07, 6.45) is 0.757. The maximum absolute atomic E-state index is 11.5. The predicted octanol–water partition coefficient (Wildman–Crippen LogP) is 0.531. The smallest absolute Gasteiger partial charge is 0.354 e. The highest BCUT2D eigenvalue weighted by atomic mass is 16.5. The molecule has 102 valence electrons. The summed E-state index contributed by atoms with van der Waals surface area (Å²) in [5, 5.41) is 12.2. The first-order valence-corrected chi connectivity index (χ1v) is 6.23. The van der Waals surface area contributed by atoms with Gasteiger partial charge in [-0.1, -0.05) is 0 Å². The molecular weight excluding hydrogens is 248 g/mol. The number of fused-ring (bicyclic) bond motifs is 1. The molecule has 1 aromatic heterocycles. The lowest BCUT2D eigenvalue weighted by atomic mass is 9.97. The molecule has 0 bridgehead atoms. The third kappa shape index (κ3) is 3.08. The van der Waals surface area contributed by atoms with Gasteiger partial charge in [0.1, 0.15) is 5.69 Å². The average molecular weight is 264 g/mol. The van der Waals surface area contributed by atoms with E-state index in [9.17, 15) is 9.59 Å². The second-order valence-corrected chi connectivity index (χ2v) is 4.31. The third-order valence-corrected chi connectivity index (χ3v) is 3.01. The van der Waals surface area contributed by atoms with Crippen molar-refractivity contribution in [1.82, 2.24) is 10.3 Å². The lowest BCUT2D eigenvalue weighted by Crippen LogP contribution is -2.27. The lowest BCUT2D eigenvalue weighted by molar-refractivity contribution is -0.142. The van der Waals surface area contributed by atoms with Crippen LogP contribution in [0.5, 0.6) is 0 Å². The van der Waals surface area contributed by atoms with Crippen LogP contribution in [0.15, 0.2) is 6.07 Å². The van der Waals surface area contributed by atoms with Crippen molar-refractivity contribution in [2.45, 2.75) is 26.3 Å². The summed E-state index contributed by atoms with van der Waals surface area (Å²) in [7, 11) is 0. The summed E-state index contributed by atoms with van der Waals surface area (Å²) in [4.78, 5) is 26.7. The van der Waals surface area contributed by atoms with Gasteiger partial charge in [0.15, 0.2) is 0 Å². The number of rotatable bonds is 4. The number of ether oxygens (including phenoxy) is 1. The molecule has 6 nitrogen and oxygen atoms in total. The molecular formula is C13H16N2O4. The van der Waals surface area contributed by atoms with Gasteiger partial charge in [0, 0.05) is 6.54 Å². The highest BCUT2D eigenvalue weighted by Crippen LogP contribution is 2.19. The summed E-state index contributed by atoms with van der Waals surface area (Å²) in [6.45, 7) is 3.44. The van der Waals surface area contributed by atoms with E-state index in [4.69, 9.17) is 9.84 Å². The van der Waals surface area contributed by atoms with Gasteiger partial charge in [-0.15, -0.1) is 0 Å². The van der Waals surface area contributed by atoms with Gasteiger partial charge in [-0.05, 0) is 37.1 Å². The quantitative estimate of drug-likeness (QED) is 0.771. The number of carbonyl (C=O) groups is 2. The first-order chi connectivity index (χ1) is 9.11. The van der Waals surface area contributed by atoms with Crippen LogP contribution in [-0.4, -0.2) is 35.2 Å². The van der Waals surface area contributed by atoms with Crippen molar-refractivity contribution < 1.29 is 19.4 Å². The van der Waals surface area contributed by atoms with Crippen LogP contribution in [-0.2, 0) is 28.9 Å². The second kappa shape index (κ2) is 5.79. The number of nitrogens with one attached hydrogen (secondary N) is 1. The number of nitrogens with zero attached hydrogens (tertiary/aromatic N) is 1. The highest BCUT2D eigenvalue weighted by molar-refractivity contribution is 5.86. The first kappa shape index (κ1) is 13.5. The van der Waals surface area contributed by atoms with Crippen LogP contribution < -0.4 is 5.32 Å². The van der Waals surface area contributed by atoms with E-state index in [0.29, 0.717) is 18.8 Å². The van der Waals surface area contributed by atoms with Crippen LogP contribution >= 0.6 is 0 Å². The van der Waals surface area contributed by atoms with Crippen molar-refractivity contribution in [2.75, 3.05) is 13.2 Å². The third-order valence-electron chi connectivity index (χ3n) is 3.01. The second-order valence-electron chi connectivity index (χ2n) is 4.31. The Bertz CT molecular complexity index is 514. The zero-order valence-electron chi connectivity index (χ0n) is 10.7. The van der Waals surface area contributed by atoms with E-state index in [1.165, 1.54) is 0 Å². The van der Waals surface area contributed by atoms with E-state index in [1.807, 2.05) is 0 Å². The van der Waals surface area contributed by atoms with Crippen molar-refractivity contribution in [3.63, 3.8) is 0 Å². The fourth-order valence-electron chi connectivity index (χ4n) is 2.16. The summed E-state index contributed by atoms with van der Waals surface area (Å²) in [6, 6.07) is 1.59. The van der Waals surface area contributed by atoms with Gasteiger partial charge in [0.05, 0.1) is 18.7 Å². The van der Waals surface area contributed by atoms with Crippen molar-refractivity contribution >= 4 is 11.9 Å². The van der Waals surface area contributed by atoms with Gasteiger partial charge in [-0.25, -0.2) is 9.78 Å². The molecule has 0 aliphatic carbocycles. The molecule has 0 spiro atoms. The number of aromatic nitrogens is 1. The molecule has 1 aliphatic rings. The van der Waals surface area contributed by atoms with Crippen LogP contribution in [0.4, 0.5) is 0 Å². The maximum Gasteiger partial charge on any atom is 0.354 e. The Labute approximate surface area is 110 Å². The molecule has 2 rings (SSSR count). The Kier molecular flexibility index (Phi) is 4.11. The Morgan fingerprint density at radius 1 is 1.53 bits per heavy atom. The van der Waals surface area contributed by atoms with Crippen LogP contribution in [0.1, 0.15) is 34.2 Å². The van der Waals surface area contributed by atoms with Gasteiger partial charge in [-0.3, -0.25) is 4.79 Å². The maximum atomic E-state index is 11.5. The van der Waals surface area contributed by atoms with E-state index >= 15 is 0 Å². The molecule has 0 saturated heterocycles. The molecule has 6 heteroatoms. The molecule has 0 fully saturated rings. The number of carbonyl (C=O) groups excluding carboxylic acids is 1. The molecule has 2 N–H and O–H groups in total. The van der Waals surface area contributed by atoms with E-state index in [1.54, 1.807) is 13.0 Å². The fraction of sp³-hybridized carbons (Fsp3) is 0.462. The van der Waals surface area contributed by atoms with Gasteiger partial charge < -0.3 is 15.2 Å². The van der Waals surface area contributed by atoms with Crippen LogP contribution in [0.3, 0.4) is 0 Å². The Hall–Kier alpha value is -1.95. The molecule has 0 amide bonds. The molecule has 0 atom stereocenters. The minimum Gasteiger partial charge on any atom is -0.477 e. The monoisotopic (exact) mass is 264 g/mol. The minimum atomic E-state index is -1.08.